The van der Waals surface area contributed by atoms with E-state index in [1.165, 1.54) is 11.0 Å². The van der Waals surface area contributed by atoms with Crippen molar-refractivity contribution < 1.29 is 24.2 Å². The van der Waals surface area contributed by atoms with Gasteiger partial charge in [0.25, 0.3) is 5.91 Å². The van der Waals surface area contributed by atoms with Crippen molar-refractivity contribution in [3.63, 3.8) is 0 Å². The van der Waals surface area contributed by atoms with Gasteiger partial charge in [0.15, 0.2) is 0 Å². The Morgan fingerprint density at radius 1 is 1.33 bits per heavy atom. The first-order valence-corrected chi connectivity index (χ1v) is 5.69. The van der Waals surface area contributed by atoms with Crippen molar-refractivity contribution in [1.82, 2.24) is 11.0 Å². The Labute approximate surface area is 89.2 Å². The van der Waals surface area contributed by atoms with Gasteiger partial charge in [0, 0.05) is 23.0 Å². The average Bonchev–Trinajstić information content (AvgIpc) is 2.26. The SMILES string of the molecule is CCC(C(=O)NO)S(=O)CCC(=O)NO. The van der Waals surface area contributed by atoms with E-state index in [2.05, 4.69) is 0 Å². The van der Waals surface area contributed by atoms with E-state index >= 15 is 0 Å². The smallest absolute Gasteiger partial charge is 0.259 e. The van der Waals surface area contributed by atoms with Gasteiger partial charge in [-0.25, -0.2) is 11.0 Å². The van der Waals surface area contributed by atoms with Crippen LogP contribution in [-0.4, -0.2) is 37.4 Å². The maximum Gasteiger partial charge on any atom is 0.259 e. The van der Waals surface area contributed by atoms with Crippen LogP contribution in [0.3, 0.4) is 0 Å². The van der Waals surface area contributed by atoms with E-state index in [1.807, 2.05) is 0 Å². The number of hydroxylamine groups is 2. The molecule has 0 radical (unpaired) electrons. The molecule has 0 aromatic heterocycles. The Balaban J connectivity index is 4.16. The second-order valence-electron chi connectivity index (χ2n) is 2.74. The molecule has 0 saturated heterocycles. The lowest BCUT2D eigenvalue weighted by atomic mass is 10.3. The van der Waals surface area contributed by atoms with Gasteiger partial charge in [-0.3, -0.25) is 24.2 Å². The molecule has 0 aromatic carbocycles. The lowest BCUT2D eigenvalue weighted by Gasteiger charge is -2.11. The zero-order chi connectivity index (χ0) is 11.8. The first kappa shape index (κ1) is 14.0. The fourth-order valence-corrected chi connectivity index (χ4v) is 2.29. The van der Waals surface area contributed by atoms with Gasteiger partial charge < -0.3 is 0 Å². The minimum atomic E-state index is -1.55. The van der Waals surface area contributed by atoms with Crippen LogP contribution in [0.2, 0.25) is 0 Å². The minimum absolute atomic E-state index is 0.0433. The van der Waals surface area contributed by atoms with Gasteiger partial charge in [-0.2, -0.15) is 0 Å². The third-order valence-electron chi connectivity index (χ3n) is 1.75. The molecule has 0 saturated carbocycles. The molecule has 0 fully saturated rings. The third-order valence-corrected chi connectivity index (χ3v) is 3.53. The van der Waals surface area contributed by atoms with E-state index in [1.54, 1.807) is 6.92 Å². The number of rotatable bonds is 6. The zero-order valence-corrected chi connectivity index (χ0v) is 9.04. The lowest BCUT2D eigenvalue weighted by Crippen LogP contribution is -2.36. The molecule has 0 rings (SSSR count). The van der Waals surface area contributed by atoms with E-state index < -0.39 is 27.9 Å². The van der Waals surface area contributed by atoms with Gasteiger partial charge in [0.1, 0.15) is 5.25 Å². The molecule has 2 amide bonds. The summed E-state index contributed by atoms with van der Waals surface area (Å²) >= 11 is 0. The number of carbonyl (C=O) groups excluding carboxylic acids is 2. The quantitative estimate of drug-likeness (QED) is 0.347. The molecule has 0 spiro atoms. The largest absolute Gasteiger partial charge is 0.289 e. The van der Waals surface area contributed by atoms with Crippen LogP contribution < -0.4 is 11.0 Å². The Morgan fingerprint density at radius 2 is 1.93 bits per heavy atom. The van der Waals surface area contributed by atoms with Crippen LogP contribution in [-0.2, 0) is 20.4 Å². The summed E-state index contributed by atoms with van der Waals surface area (Å²) in [4.78, 5) is 21.6. The molecule has 0 aliphatic rings. The van der Waals surface area contributed by atoms with E-state index in [0.29, 0.717) is 6.42 Å². The summed E-state index contributed by atoms with van der Waals surface area (Å²) < 4.78 is 11.5. The molecule has 7 nitrogen and oxygen atoms in total. The van der Waals surface area contributed by atoms with Crippen LogP contribution in [0.25, 0.3) is 0 Å². The highest BCUT2D eigenvalue weighted by molar-refractivity contribution is 7.86. The van der Waals surface area contributed by atoms with Crippen molar-refractivity contribution >= 4 is 22.6 Å². The van der Waals surface area contributed by atoms with Gasteiger partial charge in [-0.1, -0.05) is 6.92 Å². The Bertz CT molecular complexity index is 258. The molecule has 2 unspecified atom stereocenters. The molecular formula is C7H14N2O5S. The summed E-state index contributed by atoms with van der Waals surface area (Å²) in [6.07, 6.45) is 0.151. The predicted octanol–water partition coefficient (Wildman–Crippen LogP) is -1.09. The molecule has 15 heavy (non-hydrogen) atoms. The predicted molar refractivity (Wildman–Crippen MR) is 51.6 cm³/mol. The van der Waals surface area contributed by atoms with Crippen molar-refractivity contribution in [3.05, 3.63) is 0 Å². The van der Waals surface area contributed by atoms with Gasteiger partial charge in [0.05, 0.1) is 0 Å². The van der Waals surface area contributed by atoms with Crippen LogP contribution in [0.5, 0.6) is 0 Å². The standard InChI is InChI=1S/C7H14N2O5S/c1-2-5(7(11)9-13)15(14)4-3-6(10)8-12/h5,12-13H,2-4H2,1H3,(H,8,10)(H,9,11). The molecule has 4 N–H and O–H groups in total. The summed E-state index contributed by atoms with van der Waals surface area (Å²) in [5.74, 6) is -1.44. The van der Waals surface area contributed by atoms with Crippen molar-refractivity contribution in [2.45, 2.75) is 25.0 Å². The summed E-state index contributed by atoms with van der Waals surface area (Å²) in [5.41, 5.74) is 2.81. The van der Waals surface area contributed by atoms with Crippen LogP contribution in [0.4, 0.5) is 0 Å². The second-order valence-corrected chi connectivity index (χ2v) is 4.48. The van der Waals surface area contributed by atoms with E-state index in [0.717, 1.165) is 0 Å². The number of nitrogens with one attached hydrogen (secondary N) is 2. The van der Waals surface area contributed by atoms with Gasteiger partial charge in [-0.05, 0) is 6.42 Å². The zero-order valence-electron chi connectivity index (χ0n) is 8.23. The monoisotopic (exact) mass is 238 g/mol. The summed E-state index contributed by atoms with van der Waals surface area (Å²) in [7, 11) is -1.55. The molecule has 0 aromatic rings. The Hall–Kier alpha value is -0.990. The average molecular weight is 238 g/mol. The van der Waals surface area contributed by atoms with Crippen LogP contribution in [0, 0.1) is 0 Å². The van der Waals surface area contributed by atoms with Crippen molar-refractivity contribution in [2.24, 2.45) is 0 Å². The van der Waals surface area contributed by atoms with Gasteiger partial charge in [0.2, 0.25) is 5.91 Å². The second kappa shape index (κ2) is 7.32. The lowest BCUT2D eigenvalue weighted by molar-refractivity contribution is -0.129. The number of amides is 2. The van der Waals surface area contributed by atoms with E-state index in [9.17, 15) is 13.8 Å². The third kappa shape index (κ3) is 4.86. The van der Waals surface area contributed by atoms with Crippen molar-refractivity contribution in [1.29, 1.82) is 0 Å². The van der Waals surface area contributed by atoms with Gasteiger partial charge >= 0.3 is 0 Å². The number of carbonyl (C=O) groups is 2. The topological polar surface area (TPSA) is 116 Å². The molecular weight excluding hydrogens is 224 g/mol. The fourth-order valence-electron chi connectivity index (χ4n) is 0.954. The molecule has 8 heteroatoms. The highest BCUT2D eigenvalue weighted by atomic mass is 32.2. The van der Waals surface area contributed by atoms with E-state index in [4.69, 9.17) is 10.4 Å². The molecule has 0 bridgehead atoms. The highest BCUT2D eigenvalue weighted by Crippen LogP contribution is 2.04. The normalized spacial score (nSPS) is 14.1. The van der Waals surface area contributed by atoms with Crippen LogP contribution >= 0.6 is 0 Å². The first-order chi connectivity index (χ1) is 7.06. The number of hydrogen-bond donors (Lipinski definition) is 4. The summed E-state index contributed by atoms with van der Waals surface area (Å²) in [5, 5.41) is 15.7. The molecule has 88 valence electrons. The maximum absolute atomic E-state index is 11.5. The first-order valence-electron chi connectivity index (χ1n) is 4.30. The van der Waals surface area contributed by atoms with Gasteiger partial charge in [-0.15, -0.1) is 0 Å². The van der Waals surface area contributed by atoms with Crippen LogP contribution in [0.15, 0.2) is 0 Å². The Morgan fingerprint density at radius 3 is 2.33 bits per heavy atom. The van der Waals surface area contributed by atoms with Crippen molar-refractivity contribution in [2.75, 3.05) is 5.75 Å². The number of hydrogen-bond acceptors (Lipinski definition) is 5. The summed E-state index contributed by atoms with van der Waals surface area (Å²) in [6.45, 7) is 1.64. The Kier molecular flexibility index (Phi) is 6.84. The highest BCUT2D eigenvalue weighted by Gasteiger charge is 2.23. The molecule has 0 aliphatic heterocycles. The van der Waals surface area contributed by atoms with E-state index in [-0.39, 0.29) is 12.2 Å². The molecule has 0 heterocycles. The maximum atomic E-state index is 11.5. The molecule has 2 atom stereocenters. The fraction of sp³-hybridized carbons (Fsp3) is 0.714. The van der Waals surface area contributed by atoms with Crippen molar-refractivity contribution in [3.8, 4) is 0 Å². The summed E-state index contributed by atoms with van der Waals surface area (Å²) in [6, 6.07) is 0. The minimum Gasteiger partial charge on any atom is -0.289 e. The molecule has 0 aliphatic carbocycles. The van der Waals surface area contributed by atoms with Crippen LogP contribution in [0.1, 0.15) is 19.8 Å².